The van der Waals surface area contributed by atoms with Gasteiger partial charge in [-0.1, -0.05) is 51.4 Å². The molecule has 0 atom stereocenters. The molecule has 20 heavy (non-hydrogen) atoms. The molecule has 2 saturated carbocycles. The molecule has 0 radical (unpaired) electrons. The minimum Gasteiger partial charge on any atom is -0.870 e. The topological polar surface area (TPSA) is 110 Å². The first-order valence-electron chi connectivity index (χ1n) is 6.97. The van der Waals surface area contributed by atoms with Crippen LogP contribution in [0, 0.1) is 11.8 Å². The first-order valence-corrected chi connectivity index (χ1v) is 6.97. The number of carbonyl (C=O) groups excluding carboxylic acids is 2. The van der Waals surface area contributed by atoms with Crippen molar-refractivity contribution in [3.63, 3.8) is 0 Å². The number of rotatable bonds is 4. The Balaban J connectivity index is 0. The summed E-state index contributed by atoms with van der Waals surface area (Å²) in [5, 5.41) is 20.1. The Kier molecular flexibility index (Phi) is 13.8. The van der Waals surface area contributed by atoms with E-state index in [-0.39, 0.29) is 44.2 Å². The van der Waals surface area contributed by atoms with Crippen LogP contribution < -0.4 is 10.2 Å². The summed E-state index contributed by atoms with van der Waals surface area (Å²) in [6.07, 6.45) is 9.75. The van der Waals surface area contributed by atoms with Crippen molar-refractivity contribution < 1.29 is 25.3 Å². The summed E-state index contributed by atoms with van der Waals surface area (Å²) in [6.45, 7) is 0. The summed E-state index contributed by atoms with van der Waals surface area (Å²) in [5.41, 5.74) is 0. The zero-order chi connectivity index (χ0) is 13.4. The summed E-state index contributed by atoms with van der Waals surface area (Å²) in [4.78, 5) is 20.1. The van der Waals surface area contributed by atoms with Crippen LogP contribution in [-0.4, -0.2) is 43.3 Å². The molecule has 0 aromatic carbocycles. The molecule has 0 aromatic rings. The minimum atomic E-state index is -0.887. The van der Waals surface area contributed by atoms with Crippen LogP contribution in [0.2, 0.25) is 0 Å². The summed E-state index contributed by atoms with van der Waals surface area (Å²) in [6, 6.07) is 0. The smallest absolute Gasteiger partial charge is 0.870 e. The number of hydrogen-bond donors (Lipinski definition) is 0. The molecule has 0 amide bonds. The third-order valence-corrected chi connectivity index (χ3v) is 3.86. The zero-order valence-corrected chi connectivity index (χ0v) is 15.2. The molecule has 0 aliphatic heterocycles. The molecule has 0 aromatic heterocycles. The number of aliphatic carboxylic acids is 2. The Bertz CT molecular complexity index is 243. The van der Waals surface area contributed by atoms with Gasteiger partial charge in [0.2, 0.25) is 0 Å². The predicted octanol–water partition coefficient (Wildman–Crippen LogP) is 0.0756. The maximum Gasteiger partial charge on any atom is 3.00 e. The minimum absolute atomic E-state index is 0. The van der Waals surface area contributed by atoms with Gasteiger partial charge in [0.25, 0.3) is 0 Å². The second kappa shape index (κ2) is 12.5. The van der Waals surface area contributed by atoms with E-state index in [1.165, 1.54) is 25.7 Å². The van der Waals surface area contributed by atoms with Crippen LogP contribution in [0.15, 0.2) is 0 Å². The molecule has 2 fully saturated rings. The van der Waals surface area contributed by atoms with Crippen LogP contribution in [0.4, 0.5) is 0 Å². The van der Waals surface area contributed by atoms with E-state index in [1.807, 2.05) is 0 Å². The van der Waals surface area contributed by atoms with Crippen molar-refractivity contribution >= 4 is 37.8 Å². The van der Waals surface area contributed by atoms with Gasteiger partial charge in [0.15, 0.2) is 0 Å². The molecule has 6 heteroatoms. The maximum atomic E-state index is 10.0. The molecule has 1 N–H and O–H groups in total. The standard InChI is InChI=1S/2C7H12O2.In.H2O/c2*8-7(9)5-6-3-1-2-4-6;;/h2*6H,1-5H2,(H,8,9);;1H2/q;;+3;/p-3. The van der Waals surface area contributed by atoms with E-state index in [2.05, 4.69) is 0 Å². The van der Waals surface area contributed by atoms with Crippen molar-refractivity contribution in [2.24, 2.45) is 11.8 Å². The SMILES string of the molecule is O=C([O-])CC1CCCC1.O=C([O-])CC1CCCC1.[In+3].[OH-]. The quantitative estimate of drug-likeness (QED) is 0.680. The van der Waals surface area contributed by atoms with E-state index in [1.54, 1.807) is 0 Å². The van der Waals surface area contributed by atoms with Crippen LogP contribution in [0.1, 0.15) is 64.2 Å². The summed E-state index contributed by atoms with van der Waals surface area (Å²) in [7, 11) is 0. The maximum absolute atomic E-state index is 10.0. The summed E-state index contributed by atoms with van der Waals surface area (Å²) >= 11 is 0. The van der Waals surface area contributed by atoms with Crippen molar-refractivity contribution in [3.05, 3.63) is 0 Å². The van der Waals surface area contributed by atoms with Crippen molar-refractivity contribution in [2.45, 2.75) is 64.2 Å². The largest absolute Gasteiger partial charge is 3.00 e. The molecular weight excluding hydrogens is 363 g/mol. The van der Waals surface area contributed by atoms with Gasteiger partial charge in [-0.05, 0) is 24.7 Å². The predicted molar refractivity (Wildman–Crippen MR) is 70.9 cm³/mol. The van der Waals surface area contributed by atoms with Crippen LogP contribution in [-0.2, 0) is 9.59 Å². The van der Waals surface area contributed by atoms with Gasteiger partial charge in [-0.2, -0.15) is 0 Å². The number of carboxylic acid groups (broad SMARTS) is 2. The van der Waals surface area contributed by atoms with Gasteiger partial charge < -0.3 is 25.3 Å². The van der Waals surface area contributed by atoms with Gasteiger partial charge in [-0.3, -0.25) is 0 Å². The van der Waals surface area contributed by atoms with E-state index < -0.39 is 11.9 Å². The molecule has 5 nitrogen and oxygen atoms in total. The molecule has 0 saturated heterocycles. The molecule has 0 bridgehead atoms. The molecule has 2 rings (SSSR count). The van der Waals surface area contributed by atoms with Gasteiger partial charge in [0.1, 0.15) is 0 Å². The fourth-order valence-electron chi connectivity index (χ4n) is 2.90. The second-order valence-corrected chi connectivity index (χ2v) is 5.45. The van der Waals surface area contributed by atoms with Crippen molar-refractivity contribution in [1.29, 1.82) is 0 Å². The van der Waals surface area contributed by atoms with Gasteiger partial charge in [-0.25, -0.2) is 0 Å². The molecular formula is C14H23InO5. The Morgan fingerprint density at radius 3 is 1.20 bits per heavy atom. The Labute approximate surface area is 139 Å². The van der Waals surface area contributed by atoms with Crippen LogP contribution in [0.25, 0.3) is 0 Å². The Hall–Kier alpha value is -0.230. The van der Waals surface area contributed by atoms with Gasteiger partial charge in [-0.15, -0.1) is 0 Å². The van der Waals surface area contributed by atoms with E-state index in [9.17, 15) is 19.8 Å². The molecule has 2 aliphatic rings. The van der Waals surface area contributed by atoms with Crippen LogP contribution in [0.3, 0.4) is 0 Å². The molecule has 0 spiro atoms. The molecule has 112 valence electrons. The van der Waals surface area contributed by atoms with Crippen LogP contribution in [0.5, 0.6) is 0 Å². The number of carboxylic acids is 2. The molecule has 0 heterocycles. The number of carbonyl (C=O) groups is 2. The van der Waals surface area contributed by atoms with Crippen molar-refractivity contribution in [1.82, 2.24) is 0 Å². The van der Waals surface area contributed by atoms with Crippen molar-refractivity contribution in [3.8, 4) is 0 Å². The van der Waals surface area contributed by atoms with E-state index in [4.69, 9.17) is 0 Å². The third kappa shape index (κ3) is 10.5. The molecule has 0 unspecified atom stereocenters. The Morgan fingerprint density at radius 2 is 1.00 bits per heavy atom. The van der Waals surface area contributed by atoms with Crippen LogP contribution >= 0.6 is 0 Å². The molecule has 2 aliphatic carbocycles. The van der Waals surface area contributed by atoms with Crippen molar-refractivity contribution in [2.75, 3.05) is 0 Å². The van der Waals surface area contributed by atoms with E-state index in [0.717, 1.165) is 25.7 Å². The summed E-state index contributed by atoms with van der Waals surface area (Å²) in [5.74, 6) is -0.922. The number of hydrogen-bond acceptors (Lipinski definition) is 5. The average Bonchev–Trinajstić information content (AvgIpc) is 2.90. The van der Waals surface area contributed by atoms with Gasteiger partial charge >= 0.3 is 25.8 Å². The fourth-order valence-corrected chi connectivity index (χ4v) is 2.90. The monoisotopic (exact) mass is 386 g/mol. The third-order valence-electron chi connectivity index (χ3n) is 3.86. The normalized spacial score (nSPS) is 18.4. The first-order chi connectivity index (χ1) is 8.58. The van der Waals surface area contributed by atoms with Gasteiger partial charge in [0, 0.05) is 11.9 Å². The first kappa shape index (κ1) is 22.1. The fraction of sp³-hybridized carbons (Fsp3) is 0.857. The Morgan fingerprint density at radius 1 is 0.750 bits per heavy atom. The van der Waals surface area contributed by atoms with Gasteiger partial charge in [0.05, 0.1) is 0 Å². The average molecular weight is 386 g/mol. The zero-order valence-electron chi connectivity index (χ0n) is 11.9. The summed E-state index contributed by atoms with van der Waals surface area (Å²) < 4.78 is 0. The second-order valence-electron chi connectivity index (χ2n) is 5.45. The van der Waals surface area contributed by atoms with E-state index in [0.29, 0.717) is 11.8 Å². The van der Waals surface area contributed by atoms with E-state index >= 15 is 0 Å².